The second-order valence-electron chi connectivity index (χ2n) is 6.67. The molecule has 2 atom stereocenters. The number of benzene rings is 1. The number of rotatable bonds is 4. The van der Waals surface area contributed by atoms with E-state index >= 15 is 0 Å². The first kappa shape index (κ1) is 14.9. The van der Waals surface area contributed by atoms with E-state index < -0.39 is 0 Å². The summed E-state index contributed by atoms with van der Waals surface area (Å²) in [6.07, 6.45) is 3.32. The van der Waals surface area contributed by atoms with Crippen molar-refractivity contribution in [3.8, 4) is 0 Å². The summed E-state index contributed by atoms with van der Waals surface area (Å²) in [6.45, 7) is 6.91. The van der Waals surface area contributed by atoms with Gasteiger partial charge in [-0.05, 0) is 38.4 Å². The van der Waals surface area contributed by atoms with Crippen molar-refractivity contribution in [3.63, 3.8) is 0 Å². The lowest BCUT2D eigenvalue weighted by molar-refractivity contribution is 0.0285. The molecule has 21 heavy (non-hydrogen) atoms. The van der Waals surface area contributed by atoms with Crippen molar-refractivity contribution >= 4 is 21.6 Å². The Labute approximate surface area is 130 Å². The quantitative estimate of drug-likeness (QED) is 0.941. The van der Waals surface area contributed by atoms with Gasteiger partial charge in [0.2, 0.25) is 0 Å². The maximum Gasteiger partial charge on any atom is 0.0954 e. The number of thiazole rings is 1. The number of piperidine rings is 1. The van der Waals surface area contributed by atoms with E-state index in [0.717, 1.165) is 31.4 Å². The average molecular weight is 304 g/mol. The van der Waals surface area contributed by atoms with E-state index in [2.05, 4.69) is 36.9 Å². The van der Waals surface area contributed by atoms with Crippen LogP contribution < -0.4 is 0 Å². The summed E-state index contributed by atoms with van der Waals surface area (Å²) in [5.74, 6) is 0. The van der Waals surface area contributed by atoms with Crippen LogP contribution in [0.3, 0.4) is 0 Å². The van der Waals surface area contributed by atoms with Crippen LogP contribution in [0.1, 0.15) is 31.7 Å². The first-order valence-corrected chi connectivity index (χ1v) is 8.61. The van der Waals surface area contributed by atoms with Gasteiger partial charge < -0.3 is 5.11 Å². The number of fused-ring (bicyclic) bond motifs is 1. The molecule has 0 radical (unpaired) electrons. The highest BCUT2D eigenvalue weighted by Crippen LogP contribution is 2.31. The van der Waals surface area contributed by atoms with E-state index in [1.165, 1.54) is 16.1 Å². The van der Waals surface area contributed by atoms with Crippen molar-refractivity contribution in [2.45, 2.75) is 39.2 Å². The van der Waals surface area contributed by atoms with Crippen LogP contribution in [0.25, 0.3) is 10.2 Å². The predicted molar refractivity (Wildman–Crippen MR) is 88.8 cm³/mol. The normalized spacial score (nSPS) is 25.3. The molecule has 1 aromatic heterocycles. The molecule has 2 heterocycles. The van der Waals surface area contributed by atoms with Crippen LogP contribution in [0.4, 0.5) is 0 Å². The molecule has 2 unspecified atom stereocenters. The zero-order valence-corrected chi connectivity index (χ0v) is 13.7. The summed E-state index contributed by atoms with van der Waals surface area (Å²) in [4.78, 5) is 7.27. The Balaban J connectivity index is 1.69. The topological polar surface area (TPSA) is 36.4 Å². The smallest absolute Gasteiger partial charge is 0.0954 e. The van der Waals surface area contributed by atoms with Crippen LogP contribution in [0.15, 0.2) is 24.3 Å². The SMILES string of the molecule is CC(Cc1nc2ccccc2s1)N1CCCC(C)(CO)C1. The lowest BCUT2D eigenvalue weighted by Gasteiger charge is -2.42. The zero-order valence-electron chi connectivity index (χ0n) is 12.9. The number of nitrogens with zero attached hydrogens (tertiary/aromatic N) is 2. The van der Waals surface area contributed by atoms with E-state index in [9.17, 15) is 5.11 Å². The maximum atomic E-state index is 9.60. The molecule has 1 N–H and O–H groups in total. The Hall–Kier alpha value is -0.970. The fourth-order valence-corrected chi connectivity index (χ4v) is 4.34. The van der Waals surface area contributed by atoms with E-state index in [4.69, 9.17) is 4.98 Å². The maximum absolute atomic E-state index is 9.60. The highest BCUT2D eigenvalue weighted by Gasteiger charge is 2.32. The van der Waals surface area contributed by atoms with Crippen molar-refractivity contribution in [1.29, 1.82) is 0 Å². The molecule has 0 saturated carbocycles. The number of likely N-dealkylation sites (tertiary alicyclic amines) is 1. The molecule has 0 bridgehead atoms. The van der Waals surface area contributed by atoms with Gasteiger partial charge in [-0.15, -0.1) is 11.3 Å². The Kier molecular flexibility index (Phi) is 4.29. The molecule has 3 rings (SSSR count). The van der Waals surface area contributed by atoms with Gasteiger partial charge in [0, 0.05) is 31.0 Å². The first-order chi connectivity index (χ1) is 10.1. The minimum absolute atomic E-state index is 0.0695. The van der Waals surface area contributed by atoms with Gasteiger partial charge in [-0.1, -0.05) is 19.1 Å². The standard InChI is InChI=1S/C17H24N2OS/c1-13(19-9-5-8-17(2,11-19)12-20)10-16-18-14-6-3-4-7-15(14)21-16/h3-4,6-7,13,20H,5,8-12H2,1-2H3. The van der Waals surface area contributed by atoms with Crippen molar-refractivity contribution in [2.75, 3.05) is 19.7 Å². The largest absolute Gasteiger partial charge is 0.396 e. The summed E-state index contributed by atoms with van der Waals surface area (Å²) in [6, 6.07) is 8.84. The summed E-state index contributed by atoms with van der Waals surface area (Å²) in [5, 5.41) is 10.8. The lowest BCUT2D eigenvalue weighted by atomic mass is 9.82. The number of para-hydroxylation sites is 1. The minimum Gasteiger partial charge on any atom is -0.396 e. The van der Waals surface area contributed by atoms with Gasteiger partial charge in [-0.2, -0.15) is 0 Å². The Morgan fingerprint density at radius 3 is 3.00 bits per heavy atom. The number of aliphatic hydroxyl groups excluding tert-OH is 1. The molecule has 2 aromatic rings. The highest BCUT2D eigenvalue weighted by molar-refractivity contribution is 7.18. The van der Waals surface area contributed by atoms with Gasteiger partial charge in [0.15, 0.2) is 0 Å². The molecule has 3 nitrogen and oxygen atoms in total. The lowest BCUT2D eigenvalue weighted by Crippen LogP contribution is -2.48. The third-order valence-electron chi connectivity index (χ3n) is 4.62. The minimum atomic E-state index is 0.0695. The fourth-order valence-electron chi connectivity index (χ4n) is 3.25. The number of aromatic nitrogens is 1. The monoisotopic (exact) mass is 304 g/mol. The molecule has 114 valence electrons. The van der Waals surface area contributed by atoms with E-state index in [-0.39, 0.29) is 12.0 Å². The molecule has 0 aliphatic carbocycles. The van der Waals surface area contributed by atoms with Crippen molar-refractivity contribution in [1.82, 2.24) is 9.88 Å². The second kappa shape index (κ2) is 6.03. The Bertz CT molecular complexity index is 579. The molecule has 1 fully saturated rings. The molecule has 0 amide bonds. The van der Waals surface area contributed by atoms with Crippen LogP contribution in [0.5, 0.6) is 0 Å². The molecule has 1 aliphatic rings. The van der Waals surface area contributed by atoms with E-state index in [1.54, 1.807) is 0 Å². The third-order valence-corrected chi connectivity index (χ3v) is 5.68. The number of hydrogen-bond donors (Lipinski definition) is 1. The molecule has 1 aromatic carbocycles. The molecular formula is C17H24N2OS. The number of aliphatic hydroxyl groups is 1. The Morgan fingerprint density at radius 1 is 1.43 bits per heavy atom. The third kappa shape index (κ3) is 3.28. The van der Waals surface area contributed by atoms with Crippen LogP contribution in [0, 0.1) is 5.41 Å². The predicted octanol–water partition coefficient (Wildman–Crippen LogP) is 3.32. The van der Waals surface area contributed by atoms with Gasteiger partial charge in [0.1, 0.15) is 0 Å². The van der Waals surface area contributed by atoms with Crippen molar-refractivity contribution in [3.05, 3.63) is 29.3 Å². The van der Waals surface area contributed by atoms with Crippen molar-refractivity contribution < 1.29 is 5.11 Å². The van der Waals surface area contributed by atoms with Gasteiger partial charge in [-0.25, -0.2) is 4.98 Å². The Morgan fingerprint density at radius 2 is 2.24 bits per heavy atom. The van der Waals surface area contributed by atoms with Crippen molar-refractivity contribution in [2.24, 2.45) is 5.41 Å². The van der Waals surface area contributed by atoms with Crippen LogP contribution in [0.2, 0.25) is 0 Å². The molecule has 1 saturated heterocycles. The van der Waals surface area contributed by atoms with E-state index in [1.807, 2.05) is 17.4 Å². The highest BCUT2D eigenvalue weighted by atomic mass is 32.1. The van der Waals surface area contributed by atoms with Gasteiger partial charge >= 0.3 is 0 Å². The first-order valence-electron chi connectivity index (χ1n) is 7.79. The summed E-state index contributed by atoms with van der Waals surface area (Å²) in [5.41, 5.74) is 1.18. The summed E-state index contributed by atoms with van der Waals surface area (Å²) >= 11 is 1.81. The molecular weight excluding hydrogens is 280 g/mol. The summed E-state index contributed by atoms with van der Waals surface area (Å²) in [7, 11) is 0. The molecule has 1 aliphatic heterocycles. The molecule has 4 heteroatoms. The van der Waals surface area contributed by atoms with Crippen LogP contribution >= 0.6 is 11.3 Å². The van der Waals surface area contributed by atoms with Gasteiger partial charge in [-0.3, -0.25) is 4.90 Å². The second-order valence-corrected chi connectivity index (χ2v) is 7.79. The zero-order chi connectivity index (χ0) is 14.9. The number of hydrogen-bond acceptors (Lipinski definition) is 4. The van der Waals surface area contributed by atoms with Gasteiger partial charge in [0.05, 0.1) is 15.2 Å². The average Bonchev–Trinajstić information content (AvgIpc) is 2.89. The van der Waals surface area contributed by atoms with Crippen LogP contribution in [-0.4, -0.2) is 40.7 Å². The molecule has 0 spiro atoms. The fraction of sp³-hybridized carbons (Fsp3) is 0.588. The van der Waals surface area contributed by atoms with Gasteiger partial charge in [0.25, 0.3) is 0 Å². The summed E-state index contributed by atoms with van der Waals surface area (Å²) < 4.78 is 1.28. The van der Waals surface area contributed by atoms with E-state index in [0.29, 0.717) is 6.04 Å². The van der Waals surface area contributed by atoms with Crippen LogP contribution in [-0.2, 0) is 6.42 Å².